The van der Waals surface area contributed by atoms with Crippen LogP contribution in [0.3, 0.4) is 0 Å². The Morgan fingerprint density at radius 3 is 1.16 bits per heavy atom. The van der Waals surface area contributed by atoms with Crippen molar-refractivity contribution in [1.29, 1.82) is 0 Å². The molecule has 12 heteroatoms. The second kappa shape index (κ2) is 13.9. The highest BCUT2D eigenvalue weighted by atomic mass is 16.3. The van der Waals surface area contributed by atoms with Gasteiger partial charge in [-0.1, -0.05) is 12.1 Å². The SMILES string of the molecule is Cc1cc2c(-c3nc4ccccn4c3NC34CC5CC(CC(C5)C3)C4)c(O)c(O)cc2c(O)c1-c1c(C)cc2c(-c3nc4ccccn4c3NC34CC5CC(CC(C5)C3)C4)c(O)c(O)cc2c1O. The van der Waals surface area contributed by atoms with Crippen LogP contribution < -0.4 is 10.6 Å². The van der Waals surface area contributed by atoms with Gasteiger partial charge in [0.05, 0.1) is 11.1 Å². The molecule has 0 aliphatic heterocycles. The summed E-state index contributed by atoms with van der Waals surface area (Å²) in [7, 11) is 0. The van der Waals surface area contributed by atoms with Gasteiger partial charge in [-0.25, -0.2) is 9.97 Å². The summed E-state index contributed by atoms with van der Waals surface area (Å²) < 4.78 is 4.05. The maximum atomic E-state index is 12.6. The van der Waals surface area contributed by atoms with Gasteiger partial charge in [-0.3, -0.25) is 8.80 Å². The summed E-state index contributed by atoms with van der Waals surface area (Å²) >= 11 is 0. The number of pyridine rings is 2. The molecule has 8 aromatic rings. The molecule has 0 unspecified atom stereocenters. The molecular formula is C56H56N6O6. The molecule has 0 spiro atoms. The average Bonchev–Trinajstić information content (AvgIpc) is 3.82. The number of rotatable bonds is 7. The maximum absolute atomic E-state index is 12.6. The van der Waals surface area contributed by atoms with E-state index in [1.54, 1.807) is 0 Å². The van der Waals surface area contributed by atoms with Crippen molar-refractivity contribution < 1.29 is 30.6 Å². The summed E-state index contributed by atoms with van der Waals surface area (Å²) in [5, 5.41) is 81.5. The molecule has 12 nitrogen and oxygen atoms in total. The van der Waals surface area contributed by atoms with Gasteiger partial charge in [0, 0.05) is 45.4 Å². The fourth-order valence-electron chi connectivity index (χ4n) is 16.0. The fraction of sp³-hybridized carbons (Fsp3) is 0.393. The summed E-state index contributed by atoms with van der Waals surface area (Å²) in [5.41, 5.74) is 4.60. The Bertz CT molecular complexity index is 3200. The number of aryl methyl sites for hydroxylation is 2. The van der Waals surface area contributed by atoms with Crippen molar-refractivity contribution >= 4 is 44.5 Å². The second-order valence-electron chi connectivity index (χ2n) is 22.4. The zero-order valence-corrected chi connectivity index (χ0v) is 38.3. The molecule has 4 aromatic heterocycles. The lowest BCUT2D eigenvalue weighted by Crippen LogP contribution is -2.55. The number of nitrogens with one attached hydrogen (secondary N) is 2. The molecule has 0 radical (unpaired) electrons. The molecule has 8 bridgehead atoms. The highest BCUT2D eigenvalue weighted by Gasteiger charge is 2.53. The van der Waals surface area contributed by atoms with E-state index >= 15 is 0 Å². The quantitative estimate of drug-likeness (QED) is 0.0717. The number of hydrogen-bond donors (Lipinski definition) is 8. The van der Waals surface area contributed by atoms with Crippen molar-refractivity contribution in [2.75, 3.05) is 10.6 Å². The number of phenols is 6. The molecule has 0 amide bonds. The van der Waals surface area contributed by atoms with Crippen LogP contribution in [0.1, 0.15) is 88.2 Å². The lowest BCUT2D eigenvalue weighted by molar-refractivity contribution is 0.0104. The molecule has 68 heavy (non-hydrogen) atoms. The molecule has 8 N–H and O–H groups in total. The van der Waals surface area contributed by atoms with E-state index in [1.165, 1.54) is 50.7 Å². The largest absolute Gasteiger partial charge is 0.507 e. The van der Waals surface area contributed by atoms with Crippen LogP contribution in [0.25, 0.3) is 66.5 Å². The predicted molar refractivity (Wildman–Crippen MR) is 264 cm³/mol. The van der Waals surface area contributed by atoms with Gasteiger partial charge in [0.25, 0.3) is 0 Å². The van der Waals surface area contributed by atoms with Crippen LogP contribution in [0.4, 0.5) is 11.6 Å². The van der Waals surface area contributed by atoms with Gasteiger partial charge >= 0.3 is 0 Å². The van der Waals surface area contributed by atoms with Gasteiger partial charge in [-0.15, -0.1) is 0 Å². The number of aromatic hydroxyl groups is 6. The average molecular weight is 909 g/mol. The zero-order valence-electron chi connectivity index (χ0n) is 38.3. The number of fused-ring (bicyclic) bond motifs is 4. The number of nitrogens with zero attached hydrogens (tertiary/aromatic N) is 4. The summed E-state index contributed by atoms with van der Waals surface area (Å²) in [6.45, 7) is 3.70. The minimum Gasteiger partial charge on any atom is -0.507 e. The van der Waals surface area contributed by atoms with Gasteiger partial charge in [0.2, 0.25) is 0 Å². The lowest BCUT2D eigenvalue weighted by atomic mass is 9.53. The monoisotopic (exact) mass is 908 g/mol. The maximum Gasteiger partial charge on any atom is 0.167 e. The van der Waals surface area contributed by atoms with Gasteiger partial charge in [-0.2, -0.15) is 0 Å². The molecule has 8 aliphatic rings. The number of anilines is 2. The molecule has 4 aromatic carbocycles. The molecule has 16 rings (SSSR count). The van der Waals surface area contributed by atoms with E-state index < -0.39 is 11.5 Å². The summed E-state index contributed by atoms with van der Waals surface area (Å²) in [6.07, 6.45) is 18.2. The number of benzene rings is 4. The minimum absolute atomic E-state index is 0.100. The predicted octanol–water partition coefficient (Wildman–Crippen LogP) is 11.9. The first-order valence-corrected chi connectivity index (χ1v) is 24.8. The lowest BCUT2D eigenvalue weighted by Gasteiger charge is -2.57. The van der Waals surface area contributed by atoms with Crippen molar-refractivity contribution in [3.8, 4) is 68.1 Å². The smallest absolute Gasteiger partial charge is 0.167 e. The third-order valence-electron chi connectivity index (χ3n) is 17.8. The third kappa shape index (κ3) is 5.72. The van der Waals surface area contributed by atoms with Crippen LogP contribution >= 0.6 is 0 Å². The minimum atomic E-state index is -0.412. The van der Waals surface area contributed by atoms with Crippen LogP contribution in [0.15, 0.2) is 73.1 Å². The van der Waals surface area contributed by atoms with E-state index in [0.717, 1.165) is 50.2 Å². The standard InChI is InChI=1S/C56H56N6O6/c1-27-11-35-37(19-39(63)51(67)45(35)47-53(61-9-5-3-7-41(61)57-47)59-55-21-29-13-30(22-55)15-31(14-29)23-55)49(65)43(27)44-28(2)12-36-38(50(44)66)20-40(64)52(68)46(36)48-54(62-10-6-4-8-42(62)58-48)60-56-24-32-16-33(25-56)18-34(17-32)26-56/h3-12,19-20,29-34,59-60,63-68H,13-18,21-26H2,1-2H3. The number of phenolic OH excluding ortho intramolecular Hbond substituents is 6. The molecule has 8 aliphatic carbocycles. The third-order valence-corrected chi connectivity index (χ3v) is 17.8. The van der Waals surface area contributed by atoms with Crippen molar-refractivity contribution in [2.45, 2.75) is 102 Å². The van der Waals surface area contributed by atoms with Crippen LogP contribution in [0.5, 0.6) is 34.5 Å². The van der Waals surface area contributed by atoms with E-state index in [1.807, 2.05) is 83.6 Å². The first kappa shape index (κ1) is 40.3. The van der Waals surface area contributed by atoms with Gasteiger partial charge < -0.3 is 41.3 Å². The number of hydrogen-bond acceptors (Lipinski definition) is 10. The Balaban J connectivity index is 0.925. The van der Waals surface area contributed by atoms with Crippen molar-refractivity contribution in [3.05, 3.63) is 84.2 Å². The Hall–Kier alpha value is -6.82. The number of aromatic nitrogens is 4. The molecule has 8 fully saturated rings. The van der Waals surface area contributed by atoms with Crippen LogP contribution in [0, 0.1) is 49.4 Å². The molecule has 0 saturated heterocycles. The van der Waals surface area contributed by atoms with E-state index in [4.69, 9.17) is 9.97 Å². The van der Waals surface area contributed by atoms with E-state index in [2.05, 4.69) is 10.6 Å². The van der Waals surface area contributed by atoms with Crippen LogP contribution in [0.2, 0.25) is 0 Å². The van der Waals surface area contributed by atoms with Crippen LogP contribution in [-0.2, 0) is 0 Å². The van der Waals surface area contributed by atoms with Crippen molar-refractivity contribution in [2.24, 2.45) is 35.5 Å². The highest BCUT2D eigenvalue weighted by molar-refractivity contribution is 6.12. The molecule has 4 heterocycles. The number of imidazole rings is 2. The Kier molecular flexibility index (Phi) is 8.23. The normalized spacial score (nSPS) is 27.9. The molecule has 0 atom stereocenters. The van der Waals surface area contributed by atoms with E-state index in [0.29, 0.717) is 102 Å². The van der Waals surface area contributed by atoms with E-state index in [-0.39, 0.29) is 44.8 Å². The summed E-state index contributed by atoms with van der Waals surface area (Å²) in [5.74, 6) is 3.76. The molecule has 8 saturated carbocycles. The first-order chi connectivity index (χ1) is 32.8. The van der Waals surface area contributed by atoms with Gasteiger partial charge in [0.1, 0.15) is 45.8 Å². The van der Waals surface area contributed by atoms with Crippen molar-refractivity contribution in [3.63, 3.8) is 0 Å². The van der Waals surface area contributed by atoms with E-state index in [9.17, 15) is 30.6 Å². The second-order valence-corrected chi connectivity index (χ2v) is 22.4. The zero-order chi connectivity index (χ0) is 46.1. The first-order valence-electron chi connectivity index (χ1n) is 24.8. The molecule has 346 valence electrons. The topological polar surface area (TPSA) is 180 Å². The summed E-state index contributed by atoms with van der Waals surface area (Å²) in [6, 6.07) is 18.1. The Labute approximate surface area is 393 Å². The van der Waals surface area contributed by atoms with Gasteiger partial charge in [0.15, 0.2) is 23.0 Å². The van der Waals surface area contributed by atoms with Crippen LogP contribution in [-0.4, -0.2) is 60.5 Å². The van der Waals surface area contributed by atoms with Crippen molar-refractivity contribution in [1.82, 2.24) is 18.8 Å². The van der Waals surface area contributed by atoms with Gasteiger partial charge in [-0.05, 0) is 197 Å². The molecular weight excluding hydrogens is 853 g/mol. The summed E-state index contributed by atoms with van der Waals surface area (Å²) in [4.78, 5) is 10.2. The highest BCUT2D eigenvalue weighted by Crippen LogP contribution is 2.60. The fourth-order valence-corrected chi connectivity index (χ4v) is 16.0. The Morgan fingerprint density at radius 2 is 0.809 bits per heavy atom. The Morgan fingerprint density at radius 1 is 0.456 bits per heavy atom.